The Labute approximate surface area is 350 Å². The quantitative estimate of drug-likeness (QED) is 0.0485. The first-order chi connectivity index (χ1) is 27.8. The van der Waals surface area contributed by atoms with E-state index < -0.39 is 71.1 Å². The van der Waals surface area contributed by atoms with Gasteiger partial charge in [-0.25, -0.2) is 28.8 Å². The smallest absolute Gasteiger partial charge is 0.347 e. The minimum Gasteiger partial charge on any atom is -0.462 e. The number of hydrogen-bond donors (Lipinski definition) is 2. The molecule has 0 bridgehead atoms. The van der Waals surface area contributed by atoms with Gasteiger partial charge in [0.25, 0.3) is 0 Å². The van der Waals surface area contributed by atoms with Gasteiger partial charge in [0.05, 0.1) is 24.0 Å². The molecule has 2 fully saturated rings. The predicted molar refractivity (Wildman–Crippen MR) is 206 cm³/mol. The number of esters is 8. The first-order valence-electron chi connectivity index (χ1n) is 19.1. The van der Waals surface area contributed by atoms with Crippen LogP contribution in [0.3, 0.4) is 0 Å². The third-order valence-electron chi connectivity index (χ3n) is 8.01. The van der Waals surface area contributed by atoms with E-state index in [9.17, 15) is 38.4 Å². The highest BCUT2D eigenvalue weighted by molar-refractivity contribution is 5.87. The lowest BCUT2D eigenvalue weighted by molar-refractivity contribution is -0.173. The second-order valence-electron chi connectivity index (χ2n) is 14.8. The monoisotopic (exact) mass is 862 g/mol. The molecule has 0 aromatic heterocycles. The number of aliphatic hydroxyl groups is 2. The molecule has 0 aliphatic carbocycles. The molecule has 0 radical (unpaired) electrons. The zero-order valence-electron chi connectivity index (χ0n) is 36.2. The van der Waals surface area contributed by atoms with Gasteiger partial charge in [0.1, 0.15) is 64.1 Å². The largest absolute Gasteiger partial charge is 0.462 e. The highest BCUT2D eigenvalue weighted by Crippen LogP contribution is 2.38. The van der Waals surface area contributed by atoms with E-state index in [0.29, 0.717) is 31.8 Å². The Morgan fingerprint density at radius 1 is 0.600 bits per heavy atom. The van der Waals surface area contributed by atoms with Crippen LogP contribution in [-0.4, -0.2) is 147 Å². The Hall–Kier alpha value is -4.92. The molecule has 2 aliphatic heterocycles. The summed E-state index contributed by atoms with van der Waals surface area (Å²) in [6.45, 7) is 23.1. The standard InChI is InChI=1S/C21H34O10.C12H18O7.C7H10O3/c1-7-21(6,19(26)30-11-15-10-29-15)12-20(4,5)18(25)28-9-8-27-17(24)14(3)31-16(23)13(2)22;1-7(2)10(14)17-5-6-18-12(16)9(4)19-11(15)8(3)13;1-5(2)7(8)10-4-6-3-9-6/h13-15,22H,7-12H2,1-6H3;8-9,13H,1,5-6H2,2-4H3;6H,1,3-4H2,2H3. The van der Waals surface area contributed by atoms with Crippen LogP contribution in [0.2, 0.25) is 0 Å². The van der Waals surface area contributed by atoms with Gasteiger partial charge in [-0.1, -0.05) is 20.1 Å². The molecule has 0 saturated carbocycles. The number of hydrogen-bond acceptors (Lipinski definition) is 20. The fourth-order valence-electron chi connectivity index (χ4n) is 4.10. The first kappa shape index (κ1) is 55.1. The van der Waals surface area contributed by atoms with E-state index in [0.717, 1.165) is 0 Å². The van der Waals surface area contributed by atoms with Crippen molar-refractivity contribution in [2.75, 3.05) is 52.9 Å². The summed E-state index contributed by atoms with van der Waals surface area (Å²) in [6, 6.07) is 0. The molecule has 2 heterocycles. The van der Waals surface area contributed by atoms with Gasteiger partial charge in [0.2, 0.25) is 0 Å². The van der Waals surface area contributed by atoms with E-state index in [1.165, 1.54) is 34.6 Å². The van der Waals surface area contributed by atoms with Crippen molar-refractivity contribution in [3.05, 3.63) is 24.3 Å². The summed E-state index contributed by atoms with van der Waals surface area (Å²) in [7, 11) is 0. The molecule has 0 amide bonds. The number of aliphatic hydroxyl groups excluding tert-OH is 2. The van der Waals surface area contributed by atoms with Gasteiger partial charge in [-0.05, 0) is 75.2 Å². The fourth-order valence-corrected chi connectivity index (χ4v) is 4.10. The van der Waals surface area contributed by atoms with Gasteiger partial charge < -0.3 is 57.6 Å². The van der Waals surface area contributed by atoms with Crippen LogP contribution in [-0.2, 0) is 85.7 Å². The summed E-state index contributed by atoms with van der Waals surface area (Å²) in [6.07, 6.45) is -4.21. The molecule has 2 saturated heterocycles. The maximum Gasteiger partial charge on any atom is 0.347 e. The molecular weight excluding hydrogens is 800 g/mol. The van der Waals surface area contributed by atoms with Crippen LogP contribution in [0.15, 0.2) is 24.3 Å². The molecule has 2 aliphatic rings. The van der Waals surface area contributed by atoms with Crippen molar-refractivity contribution in [3.8, 4) is 0 Å². The van der Waals surface area contributed by atoms with E-state index in [4.69, 9.17) is 48.1 Å². The van der Waals surface area contributed by atoms with E-state index in [1.807, 2.05) is 6.92 Å². The van der Waals surface area contributed by atoms with Gasteiger partial charge in [-0.15, -0.1) is 0 Å². The van der Waals surface area contributed by atoms with Crippen LogP contribution >= 0.6 is 0 Å². The van der Waals surface area contributed by atoms with Crippen molar-refractivity contribution in [3.63, 3.8) is 0 Å². The van der Waals surface area contributed by atoms with Crippen molar-refractivity contribution in [2.24, 2.45) is 10.8 Å². The number of carbonyl (C=O) groups excluding carboxylic acids is 8. The maximum absolute atomic E-state index is 12.5. The molecule has 0 aromatic carbocycles. The summed E-state index contributed by atoms with van der Waals surface area (Å²) in [4.78, 5) is 92.1. The molecule has 0 aromatic rings. The van der Waals surface area contributed by atoms with Crippen molar-refractivity contribution >= 4 is 47.8 Å². The number of rotatable bonds is 23. The third-order valence-corrected chi connectivity index (χ3v) is 8.01. The van der Waals surface area contributed by atoms with E-state index in [1.54, 1.807) is 27.7 Å². The van der Waals surface area contributed by atoms with Gasteiger partial charge in [-0.3, -0.25) is 9.59 Å². The molecule has 2 rings (SSSR count). The topological polar surface area (TPSA) is 276 Å². The number of ether oxygens (including phenoxy) is 10. The Kier molecular flexibility index (Phi) is 24.8. The maximum atomic E-state index is 12.5. The number of carbonyl (C=O) groups is 8. The highest BCUT2D eigenvalue weighted by atomic mass is 16.6. The van der Waals surface area contributed by atoms with Gasteiger partial charge >= 0.3 is 47.8 Å². The zero-order chi connectivity index (χ0) is 46.4. The molecule has 2 N–H and O–H groups in total. The minimum atomic E-state index is -1.36. The highest BCUT2D eigenvalue weighted by Gasteiger charge is 2.43. The molecule has 0 spiro atoms. The van der Waals surface area contributed by atoms with Crippen molar-refractivity contribution in [2.45, 2.75) is 119 Å². The lowest BCUT2D eigenvalue weighted by Crippen LogP contribution is -2.39. The summed E-state index contributed by atoms with van der Waals surface area (Å²) in [5.41, 5.74) is -1.18. The molecule has 20 heteroatoms. The van der Waals surface area contributed by atoms with Crippen molar-refractivity contribution in [1.82, 2.24) is 0 Å². The Morgan fingerprint density at radius 2 is 0.967 bits per heavy atom. The van der Waals surface area contributed by atoms with E-state index in [-0.39, 0.29) is 69.2 Å². The zero-order valence-corrected chi connectivity index (χ0v) is 36.2. The Morgan fingerprint density at radius 3 is 1.33 bits per heavy atom. The Balaban J connectivity index is 0.00000101. The lowest BCUT2D eigenvalue weighted by atomic mass is 9.72. The van der Waals surface area contributed by atoms with Crippen LogP contribution < -0.4 is 0 Å². The normalized spacial score (nSPS) is 17.8. The SMILES string of the molecule is C=C(C)C(=O)OCC1CO1.C=C(C)C(=O)OCCOC(=O)C(C)OC(=O)C(C)O.CCC(C)(CC(C)(C)C(=O)OCCOC(=O)C(C)OC(=O)C(C)O)C(=O)OCC1CO1. The second-order valence-corrected chi connectivity index (χ2v) is 14.8. The van der Waals surface area contributed by atoms with Crippen LogP contribution in [0.25, 0.3) is 0 Å². The first-order valence-corrected chi connectivity index (χ1v) is 19.1. The molecule has 60 heavy (non-hydrogen) atoms. The van der Waals surface area contributed by atoms with Crippen LogP contribution in [0, 0.1) is 10.8 Å². The average Bonchev–Trinajstić information content (AvgIpc) is 4.12. The second kappa shape index (κ2) is 27.0. The molecular formula is C40H62O20. The fraction of sp³-hybridized carbons (Fsp3) is 0.700. The number of epoxide rings is 2. The van der Waals surface area contributed by atoms with E-state index >= 15 is 0 Å². The molecule has 342 valence electrons. The molecule has 7 unspecified atom stereocenters. The minimum absolute atomic E-state index is 0.0379. The van der Waals surface area contributed by atoms with Crippen LogP contribution in [0.1, 0.15) is 82.1 Å². The van der Waals surface area contributed by atoms with Gasteiger partial charge in [-0.2, -0.15) is 0 Å². The predicted octanol–water partition coefficient (Wildman–Crippen LogP) is 1.63. The Bertz CT molecular complexity index is 1490. The third kappa shape index (κ3) is 23.6. The van der Waals surface area contributed by atoms with Gasteiger partial charge in [0.15, 0.2) is 12.2 Å². The lowest BCUT2D eigenvalue weighted by Gasteiger charge is -2.33. The summed E-state index contributed by atoms with van der Waals surface area (Å²) in [5.74, 6) is -5.33. The summed E-state index contributed by atoms with van der Waals surface area (Å²) < 4.78 is 48.8. The van der Waals surface area contributed by atoms with Crippen LogP contribution in [0.5, 0.6) is 0 Å². The molecule has 7 atom stereocenters. The van der Waals surface area contributed by atoms with Gasteiger partial charge in [0, 0.05) is 11.1 Å². The molecule has 20 nitrogen and oxygen atoms in total. The summed E-state index contributed by atoms with van der Waals surface area (Å²) >= 11 is 0. The van der Waals surface area contributed by atoms with Crippen molar-refractivity contribution in [1.29, 1.82) is 0 Å². The summed E-state index contributed by atoms with van der Waals surface area (Å²) in [5, 5.41) is 18.0. The van der Waals surface area contributed by atoms with Crippen LogP contribution in [0.4, 0.5) is 0 Å². The van der Waals surface area contributed by atoms with Crippen molar-refractivity contribution < 1.29 is 95.9 Å². The average molecular weight is 863 g/mol. The van der Waals surface area contributed by atoms with E-state index in [2.05, 4.69) is 22.6 Å².